The highest BCUT2D eigenvalue weighted by molar-refractivity contribution is 7.92. The van der Waals surface area contributed by atoms with Crippen LogP contribution in [0.4, 0.5) is 5.69 Å². The Bertz CT molecular complexity index is 842. The molecule has 1 fully saturated rings. The largest absolute Gasteiger partial charge is 0.339 e. The Morgan fingerprint density at radius 3 is 2.33 bits per heavy atom. The second-order valence-electron chi connectivity index (χ2n) is 5.92. The highest BCUT2D eigenvalue weighted by Gasteiger charge is 2.25. The van der Waals surface area contributed by atoms with E-state index in [2.05, 4.69) is 4.72 Å². The molecule has 2 aromatic rings. The van der Waals surface area contributed by atoms with Gasteiger partial charge in [0.1, 0.15) is 0 Å². The molecule has 24 heavy (non-hydrogen) atoms. The minimum Gasteiger partial charge on any atom is -0.339 e. The molecular weight excluding hydrogens is 324 g/mol. The summed E-state index contributed by atoms with van der Waals surface area (Å²) < 4.78 is 27.7. The summed E-state index contributed by atoms with van der Waals surface area (Å²) in [6, 6.07) is 13.4. The van der Waals surface area contributed by atoms with Crippen molar-refractivity contribution in [2.24, 2.45) is 0 Å². The highest BCUT2D eigenvalue weighted by Crippen LogP contribution is 2.26. The molecule has 1 N–H and O–H groups in total. The van der Waals surface area contributed by atoms with Crippen molar-refractivity contribution >= 4 is 21.6 Å². The van der Waals surface area contributed by atoms with Gasteiger partial charge in [-0.05, 0) is 43.5 Å². The van der Waals surface area contributed by atoms with E-state index in [4.69, 9.17) is 0 Å². The van der Waals surface area contributed by atoms with Gasteiger partial charge in [0.15, 0.2) is 0 Å². The number of aryl methyl sites for hydroxylation is 1. The standard InChI is InChI=1S/C18H20N2O3S/c1-14-8-7-11-16(17(14)18(21)20-12-5-6-13-20)19-24(22,23)15-9-3-2-4-10-15/h2-4,7-11,19H,5-6,12-13H2,1H3. The van der Waals surface area contributed by atoms with E-state index in [0.29, 0.717) is 11.3 Å². The van der Waals surface area contributed by atoms with Crippen LogP contribution in [0.25, 0.3) is 0 Å². The number of hydrogen-bond donors (Lipinski definition) is 1. The molecule has 6 heteroatoms. The quantitative estimate of drug-likeness (QED) is 0.927. The fourth-order valence-corrected chi connectivity index (χ4v) is 4.01. The van der Waals surface area contributed by atoms with Crippen LogP contribution in [-0.4, -0.2) is 32.3 Å². The Hall–Kier alpha value is -2.34. The van der Waals surface area contributed by atoms with Crippen molar-refractivity contribution < 1.29 is 13.2 Å². The van der Waals surface area contributed by atoms with Crippen molar-refractivity contribution in [2.45, 2.75) is 24.7 Å². The van der Waals surface area contributed by atoms with Crippen LogP contribution >= 0.6 is 0 Å². The molecule has 1 saturated heterocycles. The predicted molar refractivity (Wildman–Crippen MR) is 93.6 cm³/mol. The molecule has 0 aromatic heterocycles. The molecule has 0 bridgehead atoms. The molecular formula is C18H20N2O3S. The average molecular weight is 344 g/mol. The van der Waals surface area contributed by atoms with Crippen LogP contribution in [0, 0.1) is 6.92 Å². The first-order valence-corrected chi connectivity index (χ1v) is 9.44. The first-order chi connectivity index (χ1) is 11.5. The van der Waals surface area contributed by atoms with E-state index in [-0.39, 0.29) is 10.8 Å². The lowest BCUT2D eigenvalue weighted by atomic mass is 10.1. The average Bonchev–Trinajstić information content (AvgIpc) is 3.09. The smallest absolute Gasteiger partial charge is 0.261 e. The number of hydrogen-bond acceptors (Lipinski definition) is 3. The number of anilines is 1. The minimum atomic E-state index is -3.73. The molecule has 5 nitrogen and oxygen atoms in total. The normalized spacial score (nSPS) is 14.6. The van der Waals surface area contributed by atoms with Crippen LogP contribution in [-0.2, 0) is 10.0 Å². The van der Waals surface area contributed by atoms with E-state index >= 15 is 0 Å². The summed E-state index contributed by atoms with van der Waals surface area (Å²) in [5.41, 5.74) is 1.52. The summed E-state index contributed by atoms with van der Waals surface area (Å²) >= 11 is 0. The van der Waals surface area contributed by atoms with Crippen LogP contribution in [0.3, 0.4) is 0 Å². The zero-order valence-corrected chi connectivity index (χ0v) is 14.3. The summed E-state index contributed by atoms with van der Waals surface area (Å²) in [5.74, 6) is -0.114. The number of carbonyl (C=O) groups is 1. The first kappa shape index (κ1) is 16.5. The fourth-order valence-electron chi connectivity index (χ4n) is 2.92. The van der Waals surface area contributed by atoms with Gasteiger partial charge >= 0.3 is 0 Å². The van der Waals surface area contributed by atoms with Gasteiger partial charge in [-0.3, -0.25) is 9.52 Å². The molecule has 0 spiro atoms. The van der Waals surface area contributed by atoms with Crippen molar-refractivity contribution in [1.29, 1.82) is 0 Å². The van der Waals surface area contributed by atoms with E-state index in [1.54, 1.807) is 35.2 Å². The topological polar surface area (TPSA) is 66.5 Å². The van der Waals surface area contributed by atoms with Gasteiger partial charge in [0.25, 0.3) is 15.9 Å². The number of likely N-dealkylation sites (tertiary alicyclic amines) is 1. The van der Waals surface area contributed by atoms with Gasteiger partial charge in [-0.2, -0.15) is 0 Å². The third kappa shape index (κ3) is 3.28. The zero-order chi connectivity index (χ0) is 17.2. The number of carbonyl (C=O) groups excluding carboxylic acids is 1. The van der Waals surface area contributed by atoms with E-state index in [9.17, 15) is 13.2 Å². The third-order valence-electron chi connectivity index (χ3n) is 4.18. The van der Waals surface area contributed by atoms with Gasteiger partial charge < -0.3 is 4.90 Å². The van der Waals surface area contributed by atoms with Gasteiger partial charge in [-0.1, -0.05) is 30.3 Å². The maximum Gasteiger partial charge on any atom is 0.261 e. The number of sulfonamides is 1. The summed E-state index contributed by atoms with van der Waals surface area (Å²) in [5, 5.41) is 0. The van der Waals surface area contributed by atoms with Crippen molar-refractivity contribution in [1.82, 2.24) is 4.90 Å². The van der Waals surface area contributed by atoms with Crippen molar-refractivity contribution in [3.63, 3.8) is 0 Å². The Morgan fingerprint density at radius 2 is 1.67 bits per heavy atom. The van der Waals surface area contributed by atoms with Crippen LogP contribution < -0.4 is 4.72 Å². The molecule has 2 aromatic carbocycles. The summed E-state index contributed by atoms with van der Waals surface area (Å²) in [7, 11) is -3.73. The zero-order valence-electron chi connectivity index (χ0n) is 13.5. The molecule has 0 unspecified atom stereocenters. The van der Waals surface area contributed by atoms with E-state index < -0.39 is 10.0 Å². The highest BCUT2D eigenvalue weighted by atomic mass is 32.2. The third-order valence-corrected chi connectivity index (χ3v) is 5.56. The van der Waals surface area contributed by atoms with Gasteiger partial charge in [-0.15, -0.1) is 0 Å². The van der Waals surface area contributed by atoms with Crippen LogP contribution in [0.15, 0.2) is 53.4 Å². The van der Waals surface area contributed by atoms with E-state index in [0.717, 1.165) is 31.5 Å². The minimum absolute atomic E-state index is 0.114. The summed E-state index contributed by atoms with van der Waals surface area (Å²) in [6.45, 7) is 3.26. The molecule has 0 aliphatic carbocycles. The Morgan fingerprint density at radius 1 is 1.00 bits per heavy atom. The second kappa shape index (κ2) is 6.65. The van der Waals surface area contributed by atoms with Gasteiger partial charge in [0.2, 0.25) is 0 Å². The van der Waals surface area contributed by atoms with E-state index in [1.807, 2.05) is 13.0 Å². The predicted octanol–water partition coefficient (Wildman–Crippen LogP) is 3.03. The molecule has 3 rings (SSSR count). The summed E-state index contributed by atoms with van der Waals surface area (Å²) in [4.78, 5) is 14.8. The molecule has 1 heterocycles. The van der Waals surface area contributed by atoms with Crippen molar-refractivity contribution in [2.75, 3.05) is 17.8 Å². The summed E-state index contributed by atoms with van der Waals surface area (Å²) in [6.07, 6.45) is 1.98. The maximum atomic E-state index is 12.8. The second-order valence-corrected chi connectivity index (χ2v) is 7.60. The molecule has 1 aliphatic rings. The maximum absolute atomic E-state index is 12.8. The van der Waals surface area contributed by atoms with Crippen molar-refractivity contribution in [3.05, 3.63) is 59.7 Å². The molecule has 0 atom stereocenters. The number of nitrogens with zero attached hydrogens (tertiary/aromatic N) is 1. The van der Waals surface area contributed by atoms with Crippen LogP contribution in [0.1, 0.15) is 28.8 Å². The number of amides is 1. The monoisotopic (exact) mass is 344 g/mol. The molecule has 1 aliphatic heterocycles. The number of benzene rings is 2. The fraction of sp³-hybridized carbons (Fsp3) is 0.278. The molecule has 0 saturated carbocycles. The van der Waals surface area contributed by atoms with Gasteiger partial charge in [0.05, 0.1) is 16.1 Å². The Labute approximate surface area is 142 Å². The lowest BCUT2D eigenvalue weighted by Crippen LogP contribution is -2.29. The number of nitrogens with one attached hydrogen (secondary N) is 1. The lowest BCUT2D eigenvalue weighted by Gasteiger charge is -2.20. The Kier molecular flexibility index (Phi) is 4.57. The molecule has 1 amide bonds. The first-order valence-electron chi connectivity index (χ1n) is 7.96. The van der Waals surface area contributed by atoms with Gasteiger partial charge in [-0.25, -0.2) is 8.42 Å². The van der Waals surface area contributed by atoms with E-state index in [1.165, 1.54) is 12.1 Å². The number of rotatable bonds is 4. The lowest BCUT2D eigenvalue weighted by molar-refractivity contribution is 0.0793. The Balaban J connectivity index is 1.97. The molecule has 126 valence electrons. The van der Waals surface area contributed by atoms with Crippen molar-refractivity contribution in [3.8, 4) is 0 Å². The van der Waals surface area contributed by atoms with Crippen LogP contribution in [0.5, 0.6) is 0 Å². The molecule has 0 radical (unpaired) electrons. The van der Waals surface area contributed by atoms with Crippen LogP contribution in [0.2, 0.25) is 0 Å². The SMILES string of the molecule is Cc1cccc(NS(=O)(=O)c2ccccc2)c1C(=O)N1CCCC1. The van der Waals surface area contributed by atoms with Gasteiger partial charge in [0, 0.05) is 13.1 Å².